The molecule has 4 heterocycles. The summed E-state index contributed by atoms with van der Waals surface area (Å²) in [5.74, 6) is 3.62. The molecule has 0 amide bonds. The first kappa shape index (κ1) is 55.5. The van der Waals surface area contributed by atoms with Crippen LogP contribution in [-0.2, 0) is 0 Å². The zero-order valence-corrected chi connectivity index (χ0v) is 45.2. The third kappa shape index (κ3) is 22.7. The third-order valence-corrected chi connectivity index (χ3v) is 16.8. The minimum atomic E-state index is 0.744. The molecule has 4 fully saturated rings. The van der Waals surface area contributed by atoms with E-state index in [9.17, 15) is 0 Å². The summed E-state index contributed by atoms with van der Waals surface area (Å²) in [5.41, 5.74) is 2.20. The number of ether oxygens (including phenoxy) is 4. The predicted molar refractivity (Wildman–Crippen MR) is 291 cm³/mol. The van der Waals surface area contributed by atoms with Gasteiger partial charge in [0, 0.05) is 12.1 Å². The van der Waals surface area contributed by atoms with Gasteiger partial charge in [-0.1, -0.05) is 12.2 Å². The highest BCUT2D eigenvalue weighted by Crippen LogP contribution is 2.29. The number of benzene rings is 2. The van der Waals surface area contributed by atoms with Crippen molar-refractivity contribution in [2.75, 3.05) is 126 Å². The van der Waals surface area contributed by atoms with E-state index in [2.05, 4.69) is 69.7 Å². The Morgan fingerprint density at radius 2 is 0.638 bits per heavy atom. The molecular weight excluding hydrogens is 853 g/mol. The van der Waals surface area contributed by atoms with Crippen LogP contribution in [0.3, 0.4) is 0 Å². The molecule has 4 saturated heterocycles. The van der Waals surface area contributed by atoms with Gasteiger partial charge in [-0.2, -0.15) is 0 Å². The van der Waals surface area contributed by atoms with Crippen molar-refractivity contribution >= 4 is 12.2 Å². The maximum absolute atomic E-state index is 6.48. The molecule has 8 heteroatoms. The number of nitrogens with zero attached hydrogens (tertiary/aromatic N) is 3. The highest BCUT2D eigenvalue weighted by Gasteiger charge is 2.26. The van der Waals surface area contributed by atoms with E-state index in [1.807, 2.05) is 4.90 Å². The smallest absolute Gasteiger partial charge is 0.123 e. The van der Waals surface area contributed by atoms with Gasteiger partial charge >= 0.3 is 0 Å². The minimum absolute atomic E-state index is 0.744. The maximum Gasteiger partial charge on any atom is 0.123 e. The molecule has 0 unspecified atom stereocenters. The predicted octanol–water partition coefficient (Wildman–Crippen LogP) is 12.6. The zero-order chi connectivity index (χ0) is 48.1. The Morgan fingerprint density at radius 1 is 0.348 bits per heavy atom. The summed E-state index contributed by atoms with van der Waals surface area (Å²) in [6, 6.07) is 13.0. The summed E-state index contributed by atoms with van der Waals surface area (Å²) in [6.45, 7) is 19.3. The van der Waals surface area contributed by atoms with Crippen LogP contribution < -0.4 is 23.8 Å². The number of hydrogen-bond donors (Lipinski definition) is 1. The largest absolute Gasteiger partial charge is 0.493 e. The molecule has 0 aliphatic carbocycles. The third-order valence-electron chi connectivity index (χ3n) is 16.8. The molecular formula is C61H106N4O4+4. The van der Waals surface area contributed by atoms with E-state index in [1.54, 1.807) is 0 Å². The van der Waals surface area contributed by atoms with E-state index in [0.29, 0.717) is 0 Å². The number of nitrogens with one attached hydrogen (secondary N) is 1. The number of unbranched alkanes of at least 4 members (excludes halogenated alkanes) is 12. The lowest BCUT2D eigenvalue weighted by Gasteiger charge is -2.37. The second-order valence-electron chi connectivity index (χ2n) is 23.5. The quantitative estimate of drug-likeness (QED) is 0.0431. The topological polar surface area (TPSA) is 41.4 Å². The fourth-order valence-corrected chi connectivity index (χ4v) is 12.1. The van der Waals surface area contributed by atoms with Gasteiger partial charge in [0.25, 0.3) is 0 Å². The van der Waals surface area contributed by atoms with Crippen LogP contribution in [0.1, 0.15) is 191 Å². The standard InChI is InChI=1S/C61H105N4O4/c1-63(40-22-13-23-41-63)37-19-5-9-29-47-67-59-51-56(50-58(54-59)66-46-28-8-4-16-34-62-35-17-12-18-36-62)32-33-57-52-60(68-48-30-10-6-20-38-64(2)42-24-14-25-43-64)55-61(53-57)69-49-31-11-7-21-39-65(3)44-26-15-27-45-65/h32-33,50-55H,4-31,34-49H2,1-3H3/q+3/p+1/b33-32+. The lowest BCUT2D eigenvalue weighted by molar-refractivity contribution is -0.914. The molecule has 8 nitrogen and oxygen atoms in total. The normalized spacial score (nSPS) is 19.4. The summed E-state index contributed by atoms with van der Waals surface area (Å²) >= 11 is 0. The van der Waals surface area contributed by atoms with Gasteiger partial charge in [-0.25, -0.2) is 0 Å². The summed E-state index contributed by atoms with van der Waals surface area (Å²) in [4.78, 5) is 1.82. The molecule has 0 aromatic heterocycles. The van der Waals surface area contributed by atoms with Crippen molar-refractivity contribution in [3.63, 3.8) is 0 Å². The fraction of sp³-hybridized carbons (Fsp3) is 0.770. The van der Waals surface area contributed by atoms with Crippen molar-refractivity contribution in [2.24, 2.45) is 0 Å². The molecule has 0 radical (unpaired) electrons. The molecule has 4 aliphatic rings. The number of likely N-dealkylation sites (tertiary alicyclic amines) is 4. The molecule has 69 heavy (non-hydrogen) atoms. The lowest BCUT2D eigenvalue weighted by atomic mass is 10.1. The molecule has 2 aromatic rings. The first-order valence-corrected chi connectivity index (χ1v) is 29.6. The van der Waals surface area contributed by atoms with E-state index in [4.69, 9.17) is 18.9 Å². The van der Waals surface area contributed by atoms with Crippen LogP contribution in [0.4, 0.5) is 0 Å². The lowest BCUT2D eigenvalue weighted by Crippen LogP contribution is -3.12. The van der Waals surface area contributed by atoms with E-state index in [1.165, 1.54) is 246 Å². The Morgan fingerprint density at radius 3 is 0.971 bits per heavy atom. The summed E-state index contributed by atoms with van der Waals surface area (Å²) in [5, 5.41) is 0. The second kappa shape index (κ2) is 31.6. The van der Waals surface area contributed by atoms with Crippen LogP contribution in [0.25, 0.3) is 12.2 Å². The van der Waals surface area contributed by atoms with Crippen LogP contribution in [0, 0.1) is 0 Å². The summed E-state index contributed by atoms with van der Waals surface area (Å²) in [6.07, 6.45) is 41.1. The first-order chi connectivity index (χ1) is 33.8. The van der Waals surface area contributed by atoms with Gasteiger partial charge in [-0.3, -0.25) is 0 Å². The monoisotopic (exact) mass is 959 g/mol. The van der Waals surface area contributed by atoms with Crippen LogP contribution >= 0.6 is 0 Å². The molecule has 0 atom stereocenters. The van der Waals surface area contributed by atoms with Crippen molar-refractivity contribution in [3.8, 4) is 23.0 Å². The van der Waals surface area contributed by atoms with E-state index < -0.39 is 0 Å². The van der Waals surface area contributed by atoms with Crippen LogP contribution in [0.2, 0.25) is 0 Å². The van der Waals surface area contributed by atoms with Crippen molar-refractivity contribution in [2.45, 2.75) is 180 Å². The summed E-state index contributed by atoms with van der Waals surface area (Å²) in [7, 11) is 7.42. The van der Waals surface area contributed by atoms with E-state index in [-0.39, 0.29) is 0 Å². The SMILES string of the molecule is C[N+]1(CCCCCCOc2cc(/C=C/c3cc(OCCCCCC[N+]4(C)CCCCC4)cc(OCCCCCC[N+]4(C)CCCCC4)c3)cc(OCCCCCC[NH+]3CCCCC3)c2)CCCCC1. The number of quaternary nitrogens is 4. The molecule has 6 rings (SSSR count). The molecule has 4 aliphatic heterocycles. The van der Waals surface area contributed by atoms with E-state index >= 15 is 0 Å². The van der Waals surface area contributed by atoms with Crippen molar-refractivity contribution < 1.29 is 37.3 Å². The Hall–Kier alpha value is -2.78. The molecule has 2 aromatic carbocycles. The zero-order valence-electron chi connectivity index (χ0n) is 45.2. The average Bonchev–Trinajstić information content (AvgIpc) is 3.35. The molecule has 0 saturated carbocycles. The highest BCUT2D eigenvalue weighted by molar-refractivity contribution is 5.72. The van der Waals surface area contributed by atoms with Gasteiger partial charge in [0.1, 0.15) is 23.0 Å². The molecule has 0 bridgehead atoms. The number of hydrogen-bond acceptors (Lipinski definition) is 4. The number of piperidine rings is 4. The van der Waals surface area contributed by atoms with Crippen LogP contribution in [0.5, 0.6) is 23.0 Å². The van der Waals surface area contributed by atoms with E-state index in [0.717, 1.165) is 86.2 Å². The Balaban J connectivity index is 1.02. The second-order valence-corrected chi connectivity index (χ2v) is 23.5. The summed E-state index contributed by atoms with van der Waals surface area (Å²) < 4.78 is 29.8. The fourth-order valence-electron chi connectivity index (χ4n) is 12.1. The van der Waals surface area contributed by atoms with Gasteiger partial charge < -0.3 is 37.3 Å². The van der Waals surface area contributed by atoms with Gasteiger partial charge in [0.05, 0.1) is 126 Å². The Bertz CT molecular complexity index is 1630. The van der Waals surface area contributed by atoms with Crippen molar-refractivity contribution in [3.05, 3.63) is 47.5 Å². The van der Waals surface area contributed by atoms with Crippen LogP contribution in [0.15, 0.2) is 36.4 Å². The van der Waals surface area contributed by atoms with Crippen molar-refractivity contribution in [1.82, 2.24) is 0 Å². The Labute approximate surface area is 424 Å². The van der Waals surface area contributed by atoms with Gasteiger partial charge in [-0.15, -0.1) is 0 Å². The average molecular weight is 960 g/mol. The molecule has 390 valence electrons. The van der Waals surface area contributed by atoms with Gasteiger partial charge in [0.15, 0.2) is 0 Å². The minimum Gasteiger partial charge on any atom is -0.493 e. The molecule has 1 N–H and O–H groups in total. The van der Waals surface area contributed by atoms with Gasteiger partial charge in [-0.05, 0) is 215 Å². The van der Waals surface area contributed by atoms with Crippen molar-refractivity contribution in [1.29, 1.82) is 0 Å². The first-order valence-electron chi connectivity index (χ1n) is 29.6. The van der Waals surface area contributed by atoms with Crippen LogP contribution in [-0.4, -0.2) is 140 Å². The Kier molecular flexibility index (Phi) is 25.5. The maximum atomic E-state index is 6.48. The number of rotatable bonds is 34. The highest BCUT2D eigenvalue weighted by atomic mass is 16.5. The molecule has 0 spiro atoms. The van der Waals surface area contributed by atoms with Gasteiger partial charge in [0.2, 0.25) is 0 Å².